The Morgan fingerprint density at radius 1 is 0.900 bits per heavy atom. The van der Waals surface area contributed by atoms with Crippen LogP contribution in [0.4, 0.5) is 0 Å². The highest BCUT2D eigenvalue weighted by molar-refractivity contribution is 5.77. The van der Waals surface area contributed by atoms with Gasteiger partial charge in [-0.3, -0.25) is 0 Å². The molecule has 1 saturated carbocycles. The molecular formula is C25H24N4O. The first-order valence-corrected chi connectivity index (χ1v) is 10.9. The maximum Gasteiger partial charge on any atom is 0.214 e. The van der Waals surface area contributed by atoms with Crippen LogP contribution in [0.1, 0.15) is 49.5 Å². The average Bonchev–Trinajstić information content (AvgIpc) is 3.51. The third-order valence-corrected chi connectivity index (χ3v) is 6.37. The largest absolute Gasteiger partial charge is 0.474 e. The van der Waals surface area contributed by atoms with Crippen LogP contribution in [-0.4, -0.2) is 25.6 Å². The number of pyridine rings is 2. The van der Waals surface area contributed by atoms with Gasteiger partial charge in [0.05, 0.1) is 11.7 Å². The zero-order valence-electron chi connectivity index (χ0n) is 16.9. The van der Waals surface area contributed by atoms with Crippen LogP contribution in [0.25, 0.3) is 22.4 Å². The number of ether oxygens (including phenoxy) is 1. The molecule has 1 fully saturated rings. The van der Waals surface area contributed by atoms with Crippen LogP contribution >= 0.6 is 0 Å². The molecular weight excluding hydrogens is 372 g/mol. The Balaban J connectivity index is 1.38. The molecule has 30 heavy (non-hydrogen) atoms. The maximum absolute atomic E-state index is 6.10. The fourth-order valence-electron chi connectivity index (χ4n) is 4.88. The number of nitrogens with zero attached hydrogens (tertiary/aromatic N) is 4. The van der Waals surface area contributed by atoms with E-state index in [1.165, 1.54) is 18.4 Å². The Hall–Kier alpha value is -3.21. The molecule has 0 unspecified atom stereocenters. The van der Waals surface area contributed by atoms with Crippen LogP contribution in [0.5, 0.6) is 5.88 Å². The zero-order valence-corrected chi connectivity index (χ0v) is 16.9. The fraction of sp³-hybridized carbons (Fsp3) is 0.320. The van der Waals surface area contributed by atoms with E-state index in [0.29, 0.717) is 18.0 Å². The normalized spacial score (nSPS) is 18.7. The number of hydrogen-bond donors (Lipinski definition) is 0. The van der Waals surface area contributed by atoms with Gasteiger partial charge in [0.25, 0.3) is 0 Å². The van der Waals surface area contributed by atoms with Crippen molar-refractivity contribution in [2.45, 2.75) is 50.7 Å². The van der Waals surface area contributed by atoms with E-state index >= 15 is 0 Å². The highest BCUT2D eigenvalue weighted by Crippen LogP contribution is 2.35. The van der Waals surface area contributed by atoms with Crippen molar-refractivity contribution in [3.63, 3.8) is 0 Å². The first kappa shape index (κ1) is 17.6. The number of hydrogen-bond acceptors (Lipinski definition) is 4. The van der Waals surface area contributed by atoms with Crippen LogP contribution in [0, 0.1) is 0 Å². The van der Waals surface area contributed by atoms with Crippen molar-refractivity contribution in [3.05, 3.63) is 72.2 Å². The molecule has 2 aliphatic rings. The summed E-state index contributed by atoms with van der Waals surface area (Å²) in [5, 5.41) is 0. The third-order valence-electron chi connectivity index (χ3n) is 6.37. The lowest BCUT2D eigenvalue weighted by atomic mass is 10.0. The van der Waals surface area contributed by atoms with E-state index in [1.54, 1.807) is 0 Å². The highest BCUT2D eigenvalue weighted by atomic mass is 16.5. The van der Waals surface area contributed by atoms with Crippen LogP contribution in [0.15, 0.2) is 60.8 Å². The Morgan fingerprint density at radius 3 is 2.63 bits per heavy atom. The second-order valence-electron chi connectivity index (χ2n) is 8.31. The summed E-state index contributed by atoms with van der Waals surface area (Å²) in [4.78, 5) is 14.3. The van der Waals surface area contributed by atoms with Gasteiger partial charge in [-0.2, -0.15) is 0 Å². The summed E-state index contributed by atoms with van der Waals surface area (Å²) in [5.41, 5.74) is 5.21. The number of benzene rings is 1. The minimum atomic E-state index is 0.299. The molecule has 5 nitrogen and oxygen atoms in total. The van der Waals surface area contributed by atoms with Gasteiger partial charge >= 0.3 is 0 Å². The summed E-state index contributed by atoms with van der Waals surface area (Å²) in [6.07, 6.45) is 8.92. The summed E-state index contributed by atoms with van der Waals surface area (Å²) < 4.78 is 8.43. The van der Waals surface area contributed by atoms with Gasteiger partial charge < -0.3 is 9.30 Å². The van der Waals surface area contributed by atoms with Gasteiger partial charge in [-0.25, -0.2) is 15.0 Å². The van der Waals surface area contributed by atoms with Crippen LogP contribution in [-0.2, 0) is 6.42 Å². The molecule has 0 amide bonds. The predicted octanol–water partition coefficient (Wildman–Crippen LogP) is 5.35. The van der Waals surface area contributed by atoms with Crippen molar-refractivity contribution in [3.8, 4) is 17.1 Å². The zero-order chi connectivity index (χ0) is 19.9. The molecule has 0 N–H and O–H groups in total. The Morgan fingerprint density at radius 2 is 1.77 bits per heavy atom. The maximum atomic E-state index is 6.10. The molecule has 1 atom stereocenters. The van der Waals surface area contributed by atoms with Crippen molar-refractivity contribution < 1.29 is 4.74 Å². The molecule has 1 aliphatic carbocycles. The molecule has 4 heterocycles. The number of rotatable bonds is 4. The van der Waals surface area contributed by atoms with Crippen molar-refractivity contribution >= 4 is 11.2 Å². The van der Waals surface area contributed by atoms with Gasteiger partial charge in [0.1, 0.15) is 17.4 Å². The Kier molecular flexibility index (Phi) is 4.25. The number of aryl methyl sites for hydroxylation is 1. The van der Waals surface area contributed by atoms with E-state index in [2.05, 4.69) is 52.0 Å². The molecule has 0 spiro atoms. The van der Waals surface area contributed by atoms with Crippen molar-refractivity contribution in [1.29, 1.82) is 0 Å². The van der Waals surface area contributed by atoms with Gasteiger partial charge in [0.15, 0.2) is 5.65 Å². The second-order valence-corrected chi connectivity index (χ2v) is 8.31. The topological polar surface area (TPSA) is 52.8 Å². The SMILES string of the molecule is c1ccc([C@H]2CCc3nc4ccc(-c5ccnc(OC6CCCC6)c5)nc4n32)cc1. The highest BCUT2D eigenvalue weighted by Gasteiger charge is 2.28. The van der Waals surface area contributed by atoms with E-state index in [-0.39, 0.29) is 0 Å². The van der Waals surface area contributed by atoms with Crippen molar-refractivity contribution in [2.24, 2.45) is 0 Å². The number of aromatic nitrogens is 4. The number of fused-ring (bicyclic) bond motifs is 3. The lowest BCUT2D eigenvalue weighted by molar-refractivity contribution is 0.201. The van der Waals surface area contributed by atoms with Gasteiger partial charge in [0, 0.05) is 24.2 Å². The Bertz CT molecular complexity index is 1190. The monoisotopic (exact) mass is 396 g/mol. The summed E-state index contributed by atoms with van der Waals surface area (Å²) in [6, 6.07) is 19.1. The first-order valence-electron chi connectivity index (χ1n) is 10.9. The fourth-order valence-corrected chi connectivity index (χ4v) is 4.88. The van der Waals surface area contributed by atoms with E-state index in [0.717, 1.165) is 53.9 Å². The van der Waals surface area contributed by atoms with E-state index in [9.17, 15) is 0 Å². The molecule has 0 bridgehead atoms. The minimum absolute atomic E-state index is 0.299. The molecule has 1 aliphatic heterocycles. The molecule has 3 aromatic heterocycles. The summed E-state index contributed by atoms with van der Waals surface area (Å²) in [7, 11) is 0. The van der Waals surface area contributed by atoms with Crippen molar-refractivity contribution in [2.75, 3.05) is 0 Å². The molecule has 0 radical (unpaired) electrons. The van der Waals surface area contributed by atoms with Crippen molar-refractivity contribution in [1.82, 2.24) is 19.5 Å². The number of imidazole rings is 1. The van der Waals surface area contributed by atoms with E-state index < -0.39 is 0 Å². The average molecular weight is 396 g/mol. The van der Waals surface area contributed by atoms with Gasteiger partial charge in [-0.1, -0.05) is 30.3 Å². The van der Waals surface area contributed by atoms with Crippen LogP contribution in [0.2, 0.25) is 0 Å². The molecule has 150 valence electrons. The minimum Gasteiger partial charge on any atom is -0.474 e. The summed E-state index contributed by atoms with van der Waals surface area (Å²) >= 11 is 0. The quantitative estimate of drug-likeness (QED) is 0.467. The molecule has 5 heteroatoms. The Labute approximate surface area is 175 Å². The molecule has 6 rings (SSSR count). The first-order chi connectivity index (χ1) is 14.8. The van der Waals surface area contributed by atoms with Crippen LogP contribution in [0.3, 0.4) is 0 Å². The summed E-state index contributed by atoms with van der Waals surface area (Å²) in [5.74, 6) is 1.82. The van der Waals surface area contributed by atoms with Crippen LogP contribution < -0.4 is 4.74 Å². The smallest absolute Gasteiger partial charge is 0.214 e. The van der Waals surface area contributed by atoms with Gasteiger partial charge in [0.2, 0.25) is 5.88 Å². The van der Waals surface area contributed by atoms with E-state index in [1.807, 2.05) is 18.3 Å². The molecule has 0 saturated heterocycles. The summed E-state index contributed by atoms with van der Waals surface area (Å²) in [6.45, 7) is 0. The lowest BCUT2D eigenvalue weighted by Crippen LogP contribution is -2.11. The van der Waals surface area contributed by atoms with Gasteiger partial charge in [-0.05, 0) is 55.9 Å². The lowest BCUT2D eigenvalue weighted by Gasteiger charge is -2.15. The molecule has 4 aromatic rings. The standard InChI is InChI=1S/C25H24N4O/c1-2-6-17(7-3-1)22-12-13-23-27-21-11-10-20(28-25(21)29(22)23)18-14-15-26-24(16-18)30-19-8-4-5-9-19/h1-3,6-7,10-11,14-16,19,22H,4-5,8-9,12-13H2/t22-/m1/s1. The second kappa shape index (κ2) is 7.24. The predicted molar refractivity (Wildman–Crippen MR) is 117 cm³/mol. The third kappa shape index (κ3) is 3.05. The molecule has 1 aromatic carbocycles. The van der Waals surface area contributed by atoms with Gasteiger partial charge in [-0.15, -0.1) is 0 Å². The van der Waals surface area contributed by atoms with E-state index in [4.69, 9.17) is 14.7 Å².